The third-order valence-corrected chi connectivity index (χ3v) is 4.41. The number of benzene rings is 1. The van der Waals surface area contributed by atoms with Crippen LogP contribution in [0.25, 0.3) is 0 Å². The fourth-order valence-corrected chi connectivity index (χ4v) is 2.75. The van der Waals surface area contributed by atoms with Crippen molar-refractivity contribution in [3.05, 3.63) is 44.9 Å². The van der Waals surface area contributed by atoms with Gasteiger partial charge in [0.1, 0.15) is 5.01 Å². The molecule has 0 fully saturated rings. The minimum atomic E-state index is -4.57. The Morgan fingerprint density at radius 1 is 1.38 bits per heavy atom. The van der Waals surface area contributed by atoms with E-state index in [0.29, 0.717) is 0 Å². The molecule has 0 aliphatic rings. The molecule has 0 aliphatic heterocycles. The van der Waals surface area contributed by atoms with E-state index in [1.54, 1.807) is 0 Å². The number of aromatic nitrogens is 1. The van der Waals surface area contributed by atoms with E-state index in [4.69, 9.17) is 16.7 Å². The van der Waals surface area contributed by atoms with E-state index < -0.39 is 29.5 Å². The standard InChI is InChI=1S/C14H10ClF3N2O3S/c1-6(12-20-10(5-24-12)13(22)23)11(21)19-9-4-7(14(16,17)18)2-3-8(9)15/h2-6H,1H3,(H,19,21)(H,22,23)/t6-/m0/s1. The topological polar surface area (TPSA) is 79.3 Å². The molecule has 1 heterocycles. The van der Waals surface area contributed by atoms with Gasteiger partial charge in [-0.25, -0.2) is 9.78 Å². The van der Waals surface area contributed by atoms with Crippen molar-refractivity contribution < 1.29 is 27.9 Å². The van der Waals surface area contributed by atoms with Gasteiger partial charge in [0.2, 0.25) is 5.91 Å². The summed E-state index contributed by atoms with van der Waals surface area (Å²) in [7, 11) is 0. The summed E-state index contributed by atoms with van der Waals surface area (Å²) >= 11 is 6.78. The van der Waals surface area contributed by atoms with Crippen molar-refractivity contribution in [1.29, 1.82) is 0 Å². The van der Waals surface area contributed by atoms with Gasteiger partial charge in [0.15, 0.2) is 5.69 Å². The highest BCUT2D eigenvalue weighted by atomic mass is 35.5. The maximum Gasteiger partial charge on any atom is 0.416 e. The van der Waals surface area contributed by atoms with Crippen LogP contribution in [-0.2, 0) is 11.0 Å². The fraction of sp³-hybridized carbons (Fsp3) is 0.214. The van der Waals surface area contributed by atoms with E-state index in [9.17, 15) is 22.8 Å². The van der Waals surface area contributed by atoms with Gasteiger partial charge in [0, 0.05) is 5.38 Å². The Labute approximate surface area is 143 Å². The van der Waals surface area contributed by atoms with Crippen LogP contribution in [0.1, 0.15) is 33.9 Å². The summed E-state index contributed by atoms with van der Waals surface area (Å²) in [5.41, 5.74) is -1.33. The zero-order chi connectivity index (χ0) is 18.1. The van der Waals surface area contributed by atoms with E-state index in [0.717, 1.165) is 29.5 Å². The van der Waals surface area contributed by atoms with E-state index in [1.165, 1.54) is 12.3 Å². The number of carbonyl (C=O) groups is 2. The van der Waals surface area contributed by atoms with Gasteiger partial charge in [-0.15, -0.1) is 11.3 Å². The Balaban J connectivity index is 2.20. The van der Waals surface area contributed by atoms with Gasteiger partial charge in [-0.1, -0.05) is 11.6 Å². The van der Waals surface area contributed by atoms with Crippen molar-refractivity contribution in [3.63, 3.8) is 0 Å². The lowest BCUT2D eigenvalue weighted by Gasteiger charge is -2.13. The number of nitrogens with one attached hydrogen (secondary N) is 1. The van der Waals surface area contributed by atoms with Crippen molar-refractivity contribution >= 4 is 40.5 Å². The quantitative estimate of drug-likeness (QED) is 0.833. The van der Waals surface area contributed by atoms with Crippen LogP contribution in [-0.4, -0.2) is 22.0 Å². The zero-order valence-electron chi connectivity index (χ0n) is 12.0. The van der Waals surface area contributed by atoms with Crippen molar-refractivity contribution in [3.8, 4) is 0 Å². The summed E-state index contributed by atoms with van der Waals surface area (Å²) in [6.07, 6.45) is -4.57. The summed E-state index contributed by atoms with van der Waals surface area (Å²) in [6.45, 7) is 1.46. The van der Waals surface area contributed by atoms with Crippen LogP contribution >= 0.6 is 22.9 Å². The smallest absolute Gasteiger partial charge is 0.416 e. The minimum Gasteiger partial charge on any atom is -0.476 e. The normalized spacial score (nSPS) is 12.7. The van der Waals surface area contributed by atoms with Gasteiger partial charge in [-0.3, -0.25) is 4.79 Å². The number of amides is 1. The van der Waals surface area contributed by atoms with Crippen LogP contribution in [0.3, 0.4) is 0 Å². The Bertz CT molecular complexity index is 792. The predicted molar refractivity (Wildman–Crippen MR) is 82.6 cm³/mol. The zero-order valence-corrected chi connectivity index (χ0v) is 13.6. The molecular weight excluding hydrogens is 369 g/mol. The first-order valence-electron chi connectivity index (χ1n) is 6.46. The summed E-state index contributed by atoms with van der Waals surface area (Å²) in [4.78, 5) is 26.8. The molecule has 5 nitrogen and oxygen atoms in total. The lowest BCUT2D eigenvalue weighted by atomic mass is 10.1. The van der Waals surface area contributed by atoms with Gasteiger partial charge in [-0.2, -0.15) is 13.2 Å². The van der Waals surface area contributed by atoms with Crippen LogP contribution < -0.4 is 5.32 Å². The molecular formula is C14H10ClF3N2O3S. The molecule has 1 aromatic carbocycles. The van der Waals surface area contributed by atoms with Crippen molar-refractivity contribution in [2.75, 3.05) is 5.32 Å². The average Bonchev–Trinajstić information content (AvgIpc) is 2.97. The molecule has 1 atom stereocenters. The second kappa shape index (κ2) is 6.78. The Kier molecular flexibility index (Phi) is 5.14. The predicted octanol–water partition coefficient (Wildman–Crippen LogP) is 4.26. The van der Waals surface area contributed by atoms with E-state index in [1.807, 2.05) is 0 Å². The number of thiazole rings is 1. The average molecular weight is 379 g/mol. The molecule has 0 radical (unpaired) electrons. The van der Waals surface area contributed by atoms with E-state index in [2.05, 4.69) is 10.3 Å². The van der Waals surface area contributed by atoms with Gasteiger partial charge in [-0.05, 0) is 25.1 Å². The van der Waals surface area contributed by atoms with Crippen LogP contribution in [0.4, 0.5) is 18.9 Å². The van der Waals surface area contributed by atoms with Gasteiger partial charge < -0.3 is 10.4 Å². The van der Waals surface area contributed by atoms with Crippen LogP contribution in [0.5, 0.6) is 0 Å². The largest absolute Gasteiger partial charge is 0.476 e. The number of rotatable bonds is 4. The second-order valence-electron chi connectivity index (χ2n) is 4.78. The fourth-order valence-electron chi connectivity index (χ4n) is 1.74. The molecule has 0 spiro atoms. The van der Waals surface area contributed by atoms with Crippen LogP contribution in [0.2, 0.25) is 5.02 Å². The number of aromatic carboxylic acids is 1. The van der Waals surface area contributed by atoms with Gasteiger partial charge >= 0.3 is 12.1 Å². The molecule has 128 valence electrons. The number of alkyl halides is 3. The van der Waals surface area contributed by atoms with E-state index >= 15 is 0 Å². The highest BCUT2D eigenvalue weighted by molar-refractivity contribution is 7.10. The molecule has 2 rings (SSSR count). The SMILES string of the molecule is C[C@@H](C(=O)Nc1cc(C(F)(F)F)ccc1Cl)c1nc(C(=O)O)cs1. The number of nitrogens with zero attached hydrogens (tertiary/aromatic N) is 1. The number of carboxylic acids is 1. The number of anilines is 1. The Morgan fingerprint density at radius 3 is 2.58 bits per heavy atom. The first-order chi connectivity index (χ1) is 11.1. The lowest BCUT2D eigenvalue weighted by molar-refractivity contribution is -0.137. The molecule has 24 heavy (non-hydrogen) atoms. The first-order valence-corrected chi connectivity index (χ1v) is 7.71. The number of hydrogen-bond donors (Lipinski definition) is 2. The monoisotopic (exact) mass is 378 g/mol. The van der Waals surface area contributed by atoms with Gasteiger partial charge in [0.05, 0.1) is 22.2 Å². The molecule has 0 saturated carbocycles. The molecule has 0 unspecified atom stereocenters. The lowest BCUT2D eigenvalue weighted by Crippen LogP contribution is -2.19. The Morgan fingerprint density at radius 2 is 2.04 bits per heavy atom. The highest BCUT2D eigenvalue weighted by Crippen LogP contribution is 2.34. The number of carboxylic acid groups (broad SMARTS) is 1. The maximum atomic E-state index is 12.7. The number of carbonyl (C=O) groups excluding carboxylic acids is 1. The summed E-state index contributed by atoms with van der Waals surface area (Å²) in [5, 5.41) is 12.6. The number of hydrogen-bond acceptors (Lipinski definition) is 4. The van der Waals surface area contributed by atoms with E-state index in [-0.39, 0.29) is 21.4 Å². The summed E-state index contributed by atoms with van der Waals surface area (Å²) < 4.78 is 38.2. The second-order valence-corrected chi connectivity index (χ2v) is 6.08. The molecule has 2 N–H and O–H groups in total. The Hall–Kier alpha value is -2.13. The molecule has 0 bridgehead atoms. The molecule has 2 aromatic rings. The third-order valence-electron chi connectivity index (χ3n) is 3.06. The summed E-state index contributed by atoms with van der Waals surface area (Å²) in [5.74, 6) is -2.73. The van der Waals surface area contributed by atoms with Crippen molar-refractivity contribution in [2.45, 2.75) is 19.0 Å². The molecule has 10 heteroatoms. The van der Waals surface area contributed by atoms with Gasteiger partial charge in [0.25, 0.3) is 0 Å². The van der Waals surface area contributed by atoms with Crippen molar-refractivity contribution in [1.82, 2.24) is 4.98 Å². The summed E-state index contributed by atoms with van der Waals surface area (Å²) in [6, 6.07) is 2.58. The van der Waals surface area contributed by atoms with Crippen molar-refractivity contribution in [2.24, 2.45) is 0 Å². The van der Waals surface area contributed by atoms with Crippen LogP contribution in [0, 0.1) is 0 Å². The minimum absolute atomic E-state index is 0.0473. The molecule has 1 amide bonds. The highest BCUT2D eigenvalue weighted by Gasteiger charge is 2.31. The third kappa shape index (κ3) is 4.04. The molecule has 0 aliphatic carbocycles. The first kappa shape index (κ1) is 18.2. The maximum absolute atomic E-state index is 12.7. The molecule has 0 saturated heterocycles. The molecule has 1 aromatic heterocycles. The number of halogens is 4. The van der Waals surface area contributed by atoms with Crippen LogP contribution in [0.15, 0.2) is 23.6 Å².